The lowest BCUT2D eigenvalue weighted by atomic mass is 9.93. The van der Waals surface area contributed by atoms with Crippen LogP contribution in [-0.4, -0.2) is 30.7 Å². The number of hydrogen-bond donors (Lipinski definition) is 3. The summed E-state index contributed by atoms with van der Waals surface area (Å²) in [6.45, 7) is 5.73. The number of nitrogens with two attached hydrogens (primary N) is 2. The van der Waals surface area contributed by atoms with E-state index in [-0.39, 0.29) is 23.6 Å². The number of unbranched alkanes of at least 4 members (excludes halogenated alkanes) is 18. The van der Waals surface area contributed by atoms with Crippen molar-refractivity contribution in [3.63, 3.8) is 0 Å². The summed E-state index contributed by atoms with van der Waals surface area (Å²) in [6, 6.07) is 0. The summed E-state index contributed by atoms with van der Waals surface area (Å²) in [5.74, 6) is 0.137. The number of aliphatic imine (C=N–C) groups is 1. The zero-order valence-electron chi connectivity index (χ0n) is 25.4. The van der Waals surface area contributed by atoms with Crippen LogP contribution in [-0.2, 0) is 9.59 Å². The number of carbonyl (C=O) groups is 2. The quantitative estimate of drug-likeness (QED) is 0.0511. The van der Waals surface area contributed by atoms with Gasteiger partial charge in [0, 0.05) is 31.8 Å². The summed E-state index contributed by atoms with van der Waals surface area (Å²) in [5, 5.41) is 3.07. The fraction of sp³-hybridized carbons (Fsp3) is 0.906. The molecule has 0 aliphatic heterocycles. The molecule has 0 aromatic heterocycles. The van der Waals surface area contributed by atoms with Crippen LogP contribution in [0.4, 0.5) is 0 Å². The van der Waals surface area contributed by atoms with Crippen molar-refractivity contribution in [1.29, 1.82) is 0 Å². The van der Waals surface area contributed by atoms with Crippen LogP contribution < -0.4 is 16.8 Å². The van der Waals surface area contributed by atoms with E-state index in [0.717, 1.165) is 38.5 Å². The molecule has 0 aromatic rings. The van der Waals surface area contributed by atoms with E-state index in [1.54, 1.807) is 0 Å². The maximum atomic E-state index is 12.8. The lowest BCUT2D eigenvalue weighted by Crippen LogP contribution is -2.33. The van der Waals surface area contributed by atoms with Gasteiger partial charge in [0.05, 0.1) is 0 Å². The van der Waals surface area contributed by atoms with Crippen LogP contribution >= 0.6 is 0 Å². The zero-order valence-corrected chi connectivity index (χ0v) is 25.4. The first-order chi connectivity index (χ1) is 18.5. The Hall–Kier alpha value is -1.59. The highest BCUT2D eigenvalue weighted by atomic mass is 16.2. The molecule has 1 atom stereocenters. The number of rotatable bonds is 29. The van der Waals surface area contributed by atoms with Gasteiger partial charge in [-0.3, -0.25) is 14.6 Å². The Kier molecular flexibility index (Phi) is 27.2. The highest BCUT2D eigenvalue weighted by molar-refractivity contribution is 5.86. The van der Waals surface area contributed by atoms with E-state index in [9.17, 15) is 9.59 Å². The SMILES string of the molecule is CCCCCCCCCCCCCCCCCC(=O)C[C@@H](CCCCN=C(N)N)C(=O)NCCCCCC. The molecule has 0 radical (unpaired) electrons. The minimum absolute atomic E-state index is 0.0354. The maximum absolute atomic E-state index is 12.8. The molecule has 224 valence electrons. The van der Waals surface area contributed by atoms with Crippen molar-refractivity contribution in [2.24, 2.45) is 22.4 Å². The number of nitrogens with one attached hydrogen (secondary N) is 1. The molecule has 0 unspecified atom stereocenters. The van der Waals surface area contributed by atoms with Crippen molar-refractivity contribution >= 4 is 17.6 Å². The molecule has 5 N–H and O–H groups in total. The summed E-state index contributed by atoms with van der Waals surface area (Å²) in [7, 11) is 0. The predicted octanol–water partition coefficient (Wildman–Crippen LogP) is 7.96. The molecule has 0 aromatic carbocycles. The molecule has 0 saturated heterocycles. The standard InChI is InChI=1S/C32H64N4O2/c1-3-5-7-9-10-11-12-13-14-15-16-17-18-19-20-25-30(37)28-29(24-21-23-27-36-32(33)34)31(38)35-26-22-8-6-4-2/h29H,3-28H2,1-2H3,(H,35,38)(H4,33,34,36)/t29-/m1/s1. The topological polar surface area (TPSA) is 111 Å². The Labute approximate surface area is 236 Å². The Morgan fingerprint density at radius 3 is 1.61 bits per heavy atom. The third-order valence-electron chi connectivity index (χ3n) is 7.49. The lowest BCUT2D eigenvalue weighted by Gasteiger charge is -2.16. The molecule has 38 heavy (non-hydrogen) atoms. The maximum Gasteiger partial charge on any atom is 0.223 e. The van der Waals surface area contributed by atoms with Crippen LogP contribution in [0.25, 0.3) is 0 Å². The van der Waals surface area contributed by atoms with Crippen LogP contribution in [0.15, 0.2) is 4.99 Å². The fourth-order valence-corrected chi connectivity index (χ4v) is 5.01. The molecule has 0 rings (SSSR count). The van der Waals surface area contributed by atoms with Gasteiger partial charge in [0.1, 0.15) is 5.78 Å². The molecular formula is C32H64N4O2. The summed E-state index contributed by atoms with van der Waals surface area (Å²) in [5.41, 5.74) is 10.8. The lowest BCUT2D eigenvalue weighted by molar-refractivity contribution is -0.129. The summed E-state index contributed by atoms with van der Waals surface area (Å²) >= 11 is 0. The van der Waals surface area contributed by atoms with Gasteiger partial charge in [0.2, 0.25) is 5.91 Å². The number of nitrogens with zero attached hydrogens (tertiary/aromatic N) is 1. The smallest absolute Gasteiger partial charge is 0.223 e. The summed E-state index contributed by atoms with van der Waals surface area (Å²) in [4.78, 5) is 29.4. The van der Waals surface area contributed by atoms with Gasteiger partial charge in [-0.15, -0.1) is 0 Å². The molecule has 0 saturated carbocycles. The van der Waals surface area contributed by atoms with E-state index >= 15 is 0 Å². The van der Waals surface area contributed by atoms with E-state index in [1.165, 1.54) is 96.3 Å². The van der Waals surface area contributed by atoms with Crippen LogP contribution in [0.5, 0.6) is 0 Å². The van der Waals surface area contributed by atoms with Gasteiger partial charge in [-0.1, -0.05) is 129 Å². The zero-order chi connectivity index (χ0) is 28.1. The van der Waals surface area contributed by atoms with E-state index < -0.39 is 0 Å². The van der Waals surface area contributed by atoms with Crippen LogP contribution in [0.1, 0.15) is 168 Å². The van der Waals surface area contributed by atoms with Gasteiger partial charge in [-0.05, 0) is 25.7 Å². The normalized spacial score (nSPS) is 11.8. The molecule has 0 aliphatic carbocycles. The molecule has 6 heteroatoms. The van der Waals surface area contributed by atoms with Crippen molar-refractivity contribution in [3.05, 3.63) is 0 Å². The average Bonchev–Trinajstić information content (AvgIpc) is 2.89. The number of Topliss-reactive ketones (excluding diaryl/α,β-unsaturated/α-hetero) is 1. The second-order valence-electron chi connectivity index (χ2n) is 11.3. The van der Waals surface area contributed by atoms with Gasteiger partial charge in [0.25, 0.3) is 0 Å². The van der Waals surface area contributed by atoms with E-state index in [4.69, 9.17) is 11.5 Å². The molecule has 6 nitrogen and oxygen atoms in total. The molecule has 0 heterocycles. The summed E-state index contributed by atoms with van der Waals surface area (Å²) in [6.07, 6.45) is 27.7. The first kappa shape index (κ1) is 36.4. The van der Waals surface area contributed by atoms with Gasteiger partial charge in [-0.25, -0.2) is 0 Å². The van der Waals surface area contributed by atoms with Gasteiger partial charge in [0.15, 0.2) is 5.96 Å². The van der Waals surface area contributed by atoms with Gasteiger partial charge >= 0.3 is 0 Å². The van der Waals surface area contributed by atoms with Gasteiger partial charge in [-0.2, -0.15) is 0 Å². The van der Waals surface area contributed by atoms with Crippen LogP contribution in [0.2, 0.25) is 0 Å². The fourth-order valence-electron chi connectivity index (χ4n) is 5.01. The second-order valence-corrected chi connectivity index (χ2v) is 11.3. The van der Waals surface area contributed by atoms with E-state index in [2.05, 4.69) is 24.2 Å². The Morgan fingerprint density at radius 2 is 1.11 bits per heavy atom. The molecular weight excluding hydrogens is 472 g/mol. The third kappa shape index (κ3) is 26.0. The van der Waals surface area contributed by atoms with Crippen molar-refractivity contribution in [2.45, 2.75) is 168 Å². The minimum Gasteiger partial charge on any atom is -0.370 e. The number of guanidine groups is 1. The highest BCUT2D eigenvalue weighted by Crippen LogP contribution is 2.18. The first-order valence-electron chi connectivity index (χ1n) is 16.4. The summed E-state index contributed by atoms with van der Waals surface area (Å²) < 4.78 is 0. The van der Waals surface area contributed by atoms with Crippen molar-refractivity contribution in [1.82, 2.24) is 5.32 Å². The Bertz CT molecular complexity index is 576. The number of hydrogen-bond acceptors (Lipinski definition) is 3. The molecule has 0 fully saturated rings. The average molecular weight is 537 g/mol. The predicted molar refractivity (Wildman–Crippen MR) is 164 cm³/mol. The van der Waals surface area contributed by atoms with E-state index in [0.29, 0.717) is 32.4 Å². The van der Waals surface area contributed by atoms with Crippen molar-refractivity contribution < 1.29 is 9.59 Å². The largest absolute Gasteiger partial charge is 0.370 e. The third-order valence-corrected chi connectivity index (χ3v) is 7.49. The van der Waals surface area contributed by atoms with Crippen molar-refractivity contribution in [2.75, 3.05) is 13.1 Å². The molecule has 1 amide bonds. The molecule has 0 spiro atoms. The Balaban J connectivity index is 3.97. The monoisotopic (exact) mass is 537 g/mol. The molecule has 0 bridgehead atoms. The first-order valence-corrected chi connectivity index (χ1v) is 16.4. The number of carbonyl (C=O) groups excluding carboxylic acids is 2. The number of ketones is 1. The van der Waals surface area contributed by atoms with Gasteiger partial charge < -0.3 is 16.8 Å². The minimum atomic E-state index is -0.232. The van der Waals surface area contributed by atoms with Crippen LogP contribution in [0, 0.1) is 5.92 Å². The molecule has 0 aliphatic rings. The Morgan fingerprint density at radius 1 is 0.632 bits per heavy atom. The van der Waals surface area contributed by atoms with Crippen molar-refractivity contribution in [3.8, 4) is 0 Å². The number of amides is 1. The second kappa shape index (κ2) is 28.4. The van der Waals surface area contributed by atoms with Crippen LogP contribution in [0.3, 0.4) is 0 Å². The highest BCUT2D eigenvalue weighted by Gasteiger charge is 2.21. The van der Waals surface area contributed by atoms with E-state index in [1.807, 2.05) is 0 Å².